The summed E-state index contributed by atoms with van der Waals surface area (Å²) in [5.41, 5.74) is 1.54. The number of nitrogens with zero attached hydrogens (tertiary/aromatic N) is 1. The highest BCUT2D eigenvalue weighted by Crippen LogP contribution is 2.16. The zero-order valence-corrected chi connectivity index (χ0v) is 16.9. The maximum absolute atomic E-state index is 13.1. The van der Waals surface area contributed by atoms with Crippen molar-refractivity contribution in [3.8, 4) is 0 Å². The van der Waals surface area contributed by atoms with Gasteiger partial charge in [0.25, 0.3) is 0 Å². The molecule has 0 spiro atoms. The van der Waals surface area contributed by atoms with E-state index >= 15 is 0 Å². The van der Waals surface area contributed by atoms with Crippen LogP contribution in [0.1, 0.15) is 25.0 Å². The van der Waals surface area contributed by atoms with E-state index in [-0.39, 0.29) is 16.6 Å². The highest BCUT2D eigenvalue weighted by molar-refractivity contribution is 7.89. The van der Waals surface area contributed by atoms with Crippen molar-refractivity contribution in [2.45, 2.75) is 25.2 Å². The van der Waals surface area contributed by atoms with Gasteiger partial charge in [-0.25, -0.2) is 12.8 Å². The molecule has 0 aliphatic carbocycles. The number of benzene rings is 2. The lowest BCUT2D eigenvalue weighted by Crippen LogP contribution is -2.30. The van der Waals surface area contributed by atoms with E-state index in [1.165, 1.54) is 34.6 Å². The van der Waals surface area contributed by atoms with E-state index in [1.807, 2.05) is 0 Å². The molecule has 5 nitrogen and oxygen atoms in total. The molecule has 28 heavy (non-hydrogen) atoms. The predicted molar refractivity (Wildman–Crippen MR) is 109 cm³/mol. The van der Waals surface area contributed by atoms with E-state index in [0.29, 0.717) is 26.1 Å². The smallest absolute Gasteiger partial charge is 0.244 e. The minimum Gasteiger partial charge on any atom is -0.352 e. The van der Waals surface area contributed by atoms with Gasteiger partial charge in [0.15, 0.2) is 0 Å². The van der Waals surface area contributed by atoms with Gasteiger partial charge in [-0.3, -0.25) is 4.79 Å². The molecule has 0 saturated carbocycles. The largest absolute Gasteiger partial charge is 0.352 e. The third-order valence-electron chi connectivity index (χ3n) is 4.25. The first-order valence-corrected chi connectivity index (χ1v) is 10.6. The van der Waals surface area contributed by atoms with Crippen LogP contribution in [-0.2, 0) is 21.2 Å². The number of carbonyl (C=O) groups is 1. The van der Waals surface area contributed by atoms with Crippen molar-refractivity contribution in [3.63, 3.8) is 0 Å². The summed E-state index contributed by atoms with van der Waals surface area (Å²) in [7, 11) is -3.49. The number of amides is 1. The van der Waals surface area contributed by atoms with Gasteiger partial charge in [0.1, 0.15) is 5.82 Å². The Hall–Kier alpha value is -2.51. The molecule has 0 atom stereocenters. The van der Waals surface area contributed by atoms with Gasteiger partial charge in [-0.15, -0.1) is 0 Å². The second-order valence-corrected chi connectivity index (χ2v) is 8.10. The van der Waals surface area contributed by atoms with E-state index in [9.17, 15) is 17.6 Å². The molecule has 0 unspecified atom stereocenters. The van der Waals surface area contributed by atoms with Crippen molar-refractivity contribution < 1.29 is 17.6 Å². The molecular formula is C21H25FN2O3S. The fourth-order valence-electron chi connectivity index (χ4n) is 2.72. The number of carbonyl (C=O) groups excluding carboxylic acids is 1. The Balaban J connectivity index is 1.90. The lowest BCUT2D eigenvalue weighted by atomic mass is 10.1. The van der Waals surface area contributed by atoms with E-state index in [2.05, 4.69) is 5.32 Å². The zero-order valence-electron chi connectivity index (χ0n) is 16.1. The van der Waals surface area contributed by atoms with Gasteiger partial charge < -0.3 is 5.32 Å². The summed E-state index contributed by atoms with van der Waals surface area (Å²) < 4.78 is 39.4. The first-order valence-electron chi connectivity index (χ1n) is 9.17. The fourth-order valence-corrected chi connectivity index (χ4v) is 4.17. The lowest BCUT2D eigenvalue weighted by molar-refractivity contribution is -0.116. The average Bonchev–Trinajstić information content (AvgIpc) is 2.67. The van der Waals surface area contributed by atoms with Crippen LogP contribution in [0, 0.1) is 5.82 Å². The predicted octanol–water partition coefficient (Wildman–Crippen LogP) is 3.23. The molecule has 2 rings (SSSR count). The molecular weight excluding hydrogens is 379 g/mol. The monoisotopic (exact) mass is 404 g/mol. The van der Waals surface area contributed by atoms with Crippen molar-refractivity contribution in [2.75, 3.05) is 19.6 Å². The second kappa shape index (κ2) is 10.1. The molecule has 1 N–H and O–H groups in total. The lowest BCUT2D eigenvalue weighted by Gasteiger charge is -2.18. The molecule has 0 aromatic heterocycles. The van der Waals surface area contributed by atoms with Crippen molar-refractivity contribution in [1.29, 1.82) is 0 Å². The summed E-state index contributed by atoms with van der Waals surface area (Å²) >= 11 is 0. The summed E-state index contributed by atoms with van der Waals surface area (Å²) in [6.07, 6.45) is 3.54. The molecule has 0 fully saturated rings. The van der Waals surface area contributed by atoms with E-state index < -0.39 is 10.0 Å². The van der Waals surface area contributed by atoms with E-state index in [0.717, 1.165) is 11.1 Å². The zero-order chi connectivity index (χ0) is 20.6. The Morgan fingerprint density at radius 3 is 2.39 bits per heavy atom. The van der Waals surface area contributed by atoms with Gasteiger partial charge in [0.05, 0.1) is 4.90 Å². The Morgan fingerprint density at radius 2 is 1.79 bits per heavy atom. The summed E-state index contributed by atoms with van der Waals surface area (Å²) in [6, 6.07) is 12.7. The minimum atomic E-state index is -3.49. The molecule has 150 valence electrons. The number of hydrogen-bond acceptors (Lipinski definition) is 3. The first kappa shape index (κ1) is 21.8. The van der Waals surface area contributed by atoms with Crippen molar-refractivity contribution >= 4 is 22.0 Å². The van der Waals surface area contributed by atoms with Gasteiger partial charge in [-0.05, 0) is 47.9 Å². The van der Waals surface area contributed by atoms with E-state index in [1.54, 1.807) is 44.2 Å². The fraction of sp³-hybridized carbons (Fsp3) is 0.286. The number of sulfonamides is 1. The highest BCUT2D eigenvalue weighted by atomic mass is 32.2. The summed E-state index contributed by atoms with van der Waals surface area (Å²) in [4.78, 5) is 12.1. The van der Waals surface area contributed by atoms with Crippen LogP contribution in [-0.4, -0.2) is 38.3 Å². The molecule has 0 heterocycles. The molecule has 0 bridgehead atoms. The van der Waals surface area contributed by atoms with Crippen LogP contribution in [0.4, 0.5) is 4.39 Å². The highest BCUT2D eigenvalue weighted by Gasteiger charge is 2.20. The Kier molecular flexibility index (Phi) is 7.90. The summed E-state index contributed by atoms with van der Waals surface area (Å²) in [5, 5.41) is 2.74. The molecule has 0 aliphatic heterocycles. The van der Waals surface area contributed by atoms with Gasteiger partial charge >= 0.3 is 0 Å². The number of rotatable bonds is 9. The van der Waals surface area contributed by atoms with Crippen LogP contribution in [0.15, 0.2) is 59.5 Å². The normalized spacial score (nSPS) is 11.9. The van der Waals surface area contributed by atoms with Gasteiger partial charge in [0.2, 0.25) is 15.9 Å². The molecule has 0 radical (unpaired) electrons. The number of halogens is 1. The number of hydrogen-bond donors (Lipinski definition) is 1. The van der Waals surface area contributed by atoms with Crippen LogP contribution >= 0.6 is 0 Å². The van der Waals surface area contributed by atoms with Crippen molar-refractivity contribution in [1.82, 2.24) is 9.62 Å². The molecule has 0 aliphatic rings. The first-order chi connectivity index (χ1) is 13.4. The molecule has 2 aromatic rings. The van der Waals surface area contributed by atoms with Gasteiger partial charge in [-0.2, -0.15) is 4.31 Å². The van der Waals surface area contributed by atoms with Gasteiger partial charge in [-0.1, -0.05) is 38.1 Å². The Morgan fingerprint density at radius 1 is 1.11 bits per heavy atom. The average molecular weight is 405 g/mol. The third-order valence-corrected chi connectivity index (χ3v) is 6.32. The van der Waals surface area contributed by atoms with Crippen LogP contribution in [0.5, 0.6) is 0 Å². The maximum Gasteiger partial charge on any atom is 0.244 e. The van der Waals surface area contributed by atoms with Gasteiger partial charge in [0, 0.05) is 25.7 Å². The molecule has 1 amide bonds. The minimum absolute atomic E-state index is 0.230. The quantitative estimate of drug-likeness (QED) is 0.653. The molecule has 2 aromatic carbocycles. The van der Waals surface area contributed by atoms with Crippen LogP contribution in [0.3, 0.4) is 0 Å². The van der Waals surface area contributed by atoms with Crippen molar-refractivity contribution in [2.24, 2.45) is 0 Å². The molecule has 7 heteroatoms. The SMILES string of the molecule is CCN(CC)S(=O)(=O)c1ccc(/C=C/C(=O)NCCc2cccc(F)c2)cc1. The Bertz CT molecular complexity index is 921. The third kappa shape index (κ3) is 6.00. The van der Waals surface area contributed by atoms with E-state index in [4.69, 9.17) is 0 Å². The topological polar surface area (TPSA) is 66.5 Å². The maximum atomic E-state index is 13.1. The van der Waals surface area contributed by atoms with Crippen LogP contribution in [0.2, 0.25) is 0 Å². The van der Waals surface area contributed by atoms with Crippen LogP contribution < -0.4 is 5.32 Å². The summed E-state index contributed by atoms with van der Waals surface area (Å²) in [6.45, 7) is 4.82. The number of nitrogens with one attached hydrogen (secondary N) is 1. The standard InChI is InChI=1S/C21H25FN2O3S/c1-3-24(4-2)28(26,27)20-11-8-17(9-12-20)10-13-21(25)23-15-14-18-6-5-7-19(22)16-18/h5-13,16H,3-4,14-15H2,1-2H3,(H,23,25)/b13-10+. The molecule has 0 saturated heterocycles. The Labute approximate surface area is 165 Å². The van der Waals surface area contributed by atoms with Crippen LogP contribution in [0.25, 0.3) is 6.08 Å². The second-order valence-electron chi connectivity index (χ2n) is 6.16. The summed E-state index contributed by atoms with van der Waals surface area (Å²) in [5.74, 6) is -0.564. The van der Waals surface area contributed by atoms with Crippen molar-refractivity contribution in [3.05, 3.63) is 71.6 Å².